The minimum Gasteiger partial charge on any atom is -0.394 e. The highest BCUT2D eigenvalue weighted by Gasteiger charge is 2.30. The predicted molar refractivity (Wildman–Crippen MR) is 50.3 cm³/mol. The molecule has 2 unspecified atom stereocenters. The van der Waals surface area contributed by atoms with Crippen LogP contribution < -0.4 is 5.73 Å². The molecule has 0 fully saturated rings. The Morgan fingerprint density at radius 1 is 1.33 bits per heavy atom. The molecule has 0 rings (SSSR count). The van der Waals surface area contributed by atoms with Gasteiger partial charge in [-0.1, -0.05) is 13.8 Å². The summed E-state index contributed by atoms with van der Waals surface area (Å²) in [5.41, 5.74) is 5.61. The molecule has 3 N–H and O–H groups in total. The van der Waals surface area contributed by atoms with Crippen LogP contribution in [0.1, 0.15) is 20.3 Å². The van der Waals surface area contributed by atoms with Gasteiger partial charge in [-0.05, 0) is 12.3 Å². The highest BCUT2D eigenvalue weighted by atomic mass is 19.4. The fraction of sp³-hybridized carbons (Fsp3) is 1.00. The molecule has 3 nitrogen and oxygen atoms in total. The second-order valence-electron chi connectivity index (χ2n) is 3.94. The summed E-state index contributed by atoms with van der Waals surface area (Å²) in [7, 11) is 0. The number of ether oxygens (including phenoxy) is 1. The maximum absolute atomic E-state index is 11.8. The highest BCUT2D eigenvalue weighted by molar-refractivity contribution is 4.74. The normalized spacial score (nSPS) is 16.8. The first-order valence-corrected chi connectivity index (χ1v) is 4.81. The number of hydrogen-bond donors (Lipinski definition) is 2. The van der Waals surface area contributed by atoms with Crippen molar-refractivity contribution in [3.63, 3.8) is 0 Å². The van der Waals surface area contributed by atoms with Gasteiger partial charge in [-0.25, -0.2) is 0 Å². The first kappa shape index (κ1) is 14.7. The van der Waals surface area contributed by atoms with Crippen molar-refractivity contribution < 1.29 is 23.0 Å². The summed E-state index contributed by atoms with van der Waals surface area (Å²) in [6.07, 6.45) is -4.82. The van der Waals surface area contributed by atoms with Crippen molar-refractivity contribution >= 4 is 0 Å². The van der Waals surface area contributed by atoms with Crippen molar-refractivity contribution in [1.29, 1.82) is 0 Å². The SMILES string of the molecule is CC(C)CC(N)C(CO)OCC(F)(F)F. The fourth-order valence-corrected chi connectivity index (χ4v) is 1.21. The van der Waals surface area contributed by atoms with Crippen LogP contribution in [0.4, 0.5) is 13.2 Å². The van der Waals surface area contributed by atoms with Crippen LogP contribution in [0.5, 0.6) is 0 Å². The predicted octanol–water partition coefficient (Wildman–Crippen LogP) is 1.30. The van der Waals surface area contributed by atoms with E-state index in [9.17, 15) is 13.2 Å². The molecule has 6 heteroatoms. The first-order chi connectivity index (χ1) is 6.76. The standard InChI is InChI=1S/C9H18F3NO2/c1-6(2)3-7(13)8(4-14)15-5-9(10,11)12/h6-8,14H,3-5,13H2,1-2H3. The average Bonchev–Trinajstić information content (AvgIpc) is 2.01. The molecule has 0 saturated carbocycles. The average molecular weight is 229 g/mol. The summed E-state index contributed by atoms with van der Waals surface area (Å²) in [6, 6.07) is -0.572. The molecule has 0 amide bonds. The summed E-state index contributed by atoms with van der Waals surface area (Å²) in [4.78, 5) is 0. The van der Waals surface area contributed by atoms with Crippen molar-refractivity contribution in [3.8, 4) is 0 Å². The molecule has 0 aliphatic heterocycles. The third-order valence-electron chi connectivity index (χ3n) is 1.86. The number of alkyl halides is 3. The minimum absolute atomic E-state index is 0.253. The van der Waals surface area contributed by atoms with Gasteiger partial charge in [0.2, 0.25) is 0 Å². The van der Waals surface area contributed by atoms with E-state index in [0.29, 0.717) is 6.42 Å². The van der Waals surface area contributed by atoms with Crippen LogP contribution in [0.3, 0.4) is 0 Å². The molecule has 0 aliphatic carbocycles. The molecule has 15 heavy (non-hydrogen) atoms. The van der Waals surface area contributed by atoms with Crippen LogP contribution in [0.15, 0.2) is 0 Å². The molecule has 0 aromatic rings. The minimum atomic E-state index is -4.38. The van der Waals surface area contributed by atoms with Crippen molar-refractivity contribution in [2.24, 2.45) is 11.7 Å². The van der Waals surface area contributed by atoms with Gasteiger partial charge in [0.25, 0.3) is 0 Å². The fourth-order valence-electron chi connectivity index (χ4n) is 1.21. The Labute approximate surface area is 87.4 Å². The van der Waals surface area contributed by atoms with E-state index >= 15 is 0 Å². The van der Waals surface area contributed by atoms with Crippen molar-refractivity contribution in [2.45, 2.75) is 38.6 Å². The van der Waals surface area contributed by atoms with Crippen molar-refractivity contribution in [3.05, 3.63) is 0 Å². The van der Waals surface area contributed by atoms with Gasteiger partial charge in [0.1, 0.15) is 6.61 Å². The van der Waals surface area contributed by atoms with Gasteiger partial charge in [-0.2, -0.15) is 13.2 Å². The Balaban J connectivity index is 4.01. The van der Waals surface area contributed by atoms with Gasteiger partial charge in [-0.15, -0.1) is 0 Å². The zero-order chi connectivity index (χ0) is 12.1. The Morgan fingerprint density at radius 2 is 1.87 bits per heavy atom. The number of nitrogens with two attached hydrogens (primary N) is 1. The topological polar surface area (TPSA) is 55.5 Å². The van der Waals surface area contributed by atoms with Gasteiger partial charge in [-0.3, -0.25) is 0 Å². The molecule has 0 spiro atoms. The Hall–Kier alpha value is -0.330. The maximum atomic E-state index is 11.8. The Kier molecular flexibility index (Phi) is 6.16. The second kappa shape index (κ2) is 6.30. The van der Waals surface area contributed by atoms with E-state index in [2.05, 4.69) is 4.74 Å². The summed E-state index contributed by atoms with van der Waals surface area (Å²) >= 11 is 0. The zero-order valence-electron chi connectivity index (χ0n) is 8.92. The zero-order valence-corrected chi connectivity index (χ0v) is 8.92. The molecule has 0 aromatic heterocycles. The number of hydrogen-bond acceptors (Lipinski definition) is 3. The van der Waals surface area contributed by atoms with E-state index in [4.69, 9.17) is 10.8 Å². The van der Waals surface area contributed by atoms with Gasteiger partial charge in [0.05, 0.1) is 12.7 Å². The van der Waals surface area contributed by atoms with Gasteiger partial charge >= 0.3 is 6.18 Å². The summed E-state index contributed by atoms with van der Waals surface area (Å²) in [6.45, 7) is 1.93. The van der Waals surface area contributed by atoms with Crippen molar-refractivity contribution in [2.75, 3.05) is 13.2 Å². The van der Waals surface area contributed by atoms with Crippen LogP contribution in [-0.4, -0.2) is 36.6 Å². The number of aliphatic hydroxyl groups is 1. The Bertz CT molecular complexity index is 173. The lowest BCUT2D eigenvalue weighted by Crippen LogP contribution is -2.42. The van der Waals surface area contributed by atoms with Gasteiger partial charge < -0.3 is 15.6 Å². The number of halogens is 3. The van der Waals surface area contributed by atoms with E-state index in [-0.39, 0.29) is 5.92 Å². The van der Waals surface area contributed by atoms with E-state index < -0.39 is 31.5 Å². The molecule has 0 aromatic carbocycles. The molecule has 0 radical (unpaired) electrons. The monoisotopic (exact) mass is 229 g/mol. The van der Waals surface area contributed by atoms with Crippen LogP contribution in [-0.2, 0) is 4.74 Å². The molecule has 2 atom stereocenters. The molecule has 92 valence electrons. The summed E-state index contributed by atoms with van der Waals surface area (Å²) in [5.74, 6) is 0.253. The molecule has 0 saturated heterocycles. The lowest BCUT2D eigenvalue weighted by atomic mass is 10.0. The van der Waals surface area contributed by atoms with Crippen molar-refractivity contribution in [1.82, 2.24) is 0 Å². The quantitative estimate of drug-likeness (QED) is 0.721. The lowest BCUT2D eigenvalue weighted by molar-refractivity contribution is -0.191. The van der Waals surface area contributed by atoms with Crippen LogP contribution in [0, 0.1) is 5.92 Å². The first-order valence-electron chi connectivity index (χ1n) is 4.81. The van der Waals surface area contributed by atoms with E-state index in [1.807, 2.05) is 13.8 Å². The molecule has 0 aliphatic rings. The summed E-state index contributed by atoms with van der Waals surface area (Å²) in [5, 5.41) is 8.83. The van der Waals surface area contributed by atoms with Gasteiger partial charge in [0.15, 0.2) is 0 Å². The highest BCUT2D eigenvalue weighted by Crippen LogP contribution is 2.17. The van der Waals surface area contributed by atoms with E-state index in [1.165, 1.54) is 0 Å². The molecular formula is C9H18F3NO2. The third kappa shape index (κ3) is 7.58. The molecule has 0 heterocycles. The second-order valence-corrected chi connectivity index (χ2v) is 3.94. The van der Waals surface area contributed by atoms with E-state index in [1.54, 1.807) is 0 Å². The molecule has 0 bridgehead atoms. The lowest BCUT2D eigenvalue weighted by Gasteiger charge is -2.24. The number of aliphatic hydroxyl groups excluding tert-OH is 1. The van der Waals surface area contributed by atoms with Crippen LogP contribution in [0.25, 0.3) is 0 Å². The number of rotatable bonds is 6. The largest absolute Gasteiger partial charge is 0.411 e. The smallest absolute Gasteiger partial charge is 0.394 e. The van der Waals surface area contributed by atoms with E-state index in [0.717, 1.165) is 0 Å². The van der Waals surface area contributed by atoms with Crippen LogP contribution in [0.2, 0.25) is 0 Å². The van der Waals surface area contributed by atoms with Crippen LogP contribution >= 0.6 is 0 Å². The maximum Gasteiger partial charge on any atom is 0.411 e. The van der Waals surface area contributed by atoms with Gasteiger partial charge in [0, 0.05) is 6.04 Å². The third-order valence-corrected chi connectivity index (χ3v) is 1.86. The summed E-state index contributed by atoms with van der Waals surface area (Å²) < 4.78 is 40.0. The Morgan fingerprint density at radius 3 is 2.20 bits per heavy atom. The molecular weight excluding hydrogens is 211 g/mol.